The third-order valence-electron chi connectivity index (χ3n) is 3.44. The van der Waals surface area contributed by atoms with E-state index in [0.29, 0.717) is 17.9 Å². The summed E-state index contributed by atoms with van der Waals surface area (Å²) in [6.07, 6.45) is -0.691. The Bertz CT molecular complexity index is 586. The van der Waals surface area contributed by atoms with Crippen LogP contribution < -0.4 is 4.74 Å². The largest absolute Gasteiger partial charge is 0.488 e. The molecule has 2 nitrogen and oxygen atoms in total. The van der Waals surface area contributed by atoms with E-state index >= 15 is 0 Å². The quantitative estimate of drug-likeness (QED) is 0.910. The highest BCUT2D eigenvalue weighted by Gasteiger charge is 2.11. The standard InChI is InChI=1S/C17H19FO2/c1-11-5-4-6-12(2)16(11)10-20-17-9-14(18)7-8-15(17)13(3)19/h4-9,13,19H,10H2,1-3H3. The van der Waals surface area contributed by atoms with Gasteiger partial charge in [0.05, 0.1) is 6.10 Å². The average Bonchev–Trinajstić information content (AvgIpc) is 2.37. The van der Waals surface area contributed by atoms with Crippen LogP contribution in [-0.2, 0) is 6.61 Å². The number of benzene rings is 2. The Hall–Kier alpha value is -1.87. The van der Waals surface area contributed by atoms with Gasteiger partial charge in [0.2, 0.25) is 0 Å². The van der Waals surface area contributed by atoms with E-state index in [-0.39, 0.29) is 5.82 Å². The lowest BCUT2D eigenvalue weighted by atomic mass is 10.0. The number of rotatable bonds is 4. The lowest BCUT2D eigenvalue weighted by Gasteiger charge is -2.15. The molecule has 0 aliphatic rings. The molecule has 0 aromatic heterocycles. The Balaban J connectivity index is 2.25. The number of halogens is 1. The third-order valence-corrected chi connectivity index (χ3v) is 3.44. The maximum Gasteiger partial charge on any atom is 0.128 e. The highest BCUT2D eigenvalue weighted by atomic mass is 19.1. The summed E-state index contributed by atoms with van der Waals surface area (Å²) < 4.78 is 19.1. The molecular weight excluding hydrogens is 255 g/mol. The molecule has 0 bridgehead atoms. The number of hydrogen-bond acceptors (Lipinski definition) is 2. The SMILES string of the molecule is Cc1cccc(C)c1COc1cc(F)ccc1C(C)O. The first kappa shape index (κ1) is 14.5. The molecule has 2 aromatic rings. The van der Waals surface area contributed by atoms with E-state index in [0.717, 1.165) is 16.7 Å². The van der Waals surface area contributed by atoms with Gasteiger partial charge in [-0.25, -0.2) is 4.39 Å². The molecule has 1 unspecified atom stereocenters. The molecule has 1 N–H and O–H groups in total. The highest BCUT2D eigenvalue weighted by molar-refractivity contribution is 5.37. The Morgan fingerprint density at radius 1 is 1.15 bits per heavy atom. The molecule has 0 saturated heterocycles. The topological polar surface area (TPSA) is 29.5 Å². The normalized spacial score (nSPS) is 12.2. The van der Waals surface area contributed by atoms with E-state index in [2.05, 4.69) is 0 Å². The zero-order valence-electron chi connectivity index (χ0n) is 12.0. The van der Waals surface area contributed by atoms with Gasteiger partial charge < -0.3 is 9.84 Å². The lowest BCUT2D eigenvalue weighted by molar-refractivity contribution is 0.189. The second-order valence-corrected chi connectivity index (χ2v) is 5.02. The minimum Gasteiger partial charge on any atom is -0.488 e. The molecule has 2 rings (SSSR count). The minimum absolute atomic E-state index is 0.363. The van der Waals surface area contributed by atoms with Crippen LogP contribution in [0.5, 0.6) is 5.75 Å². The van der Waals surface area contributed by atoms with Gasteiger partial charge in [-0.1, -0.05) is 18.2 Å². The van der Waals surface area contributed by atoms with Crippen LogP contribution in [-0.4, -0.2) is 5.11 Å². The fraction of sp³-hybridized carbons (Fsp3) is 0.294. The van der Waals surface area contributed by atoms with Crippen molar-refractivity contribution in [1.29, 1.82) is 0 Å². The first-order chi connectivity index (χ1) is 9.49. The van der Waals surface area contributed by atoms with Gasteiger partial charge in [-0.05, 0) is 49.6 Å². The monoisotopic (exact) mass is 274 g/mol. The van der Waals surface area contributed by atoms with Crippen LogP contribution in [0.1, 0.15) is 35.3 Å². The van der Waals surface area contributed by atoms with Crippen LogP contribution in [0.3, 0.4) is 0 Å². The zero-order chi connectivity index (χ0) is 14.7. The fourth-order valence-corrected chi connectivity index (χ4v) is 2.20. The zero-order valence-corrected chi connectivity index (χ0v) is 12.0. The highest BCUT2D eigenvalue weighted by Crippen LogP contribution is 2.27. The molecule has 0 aliphatic heterocycles. The summed E-state index contributed by atoms with van der Waals surface area (Å²) in [4.78, 5) is 0. The van der Waals surface area contributed by atoms with Gasteiger partial charge in [-0.3, -0.25) is 0 Å². The van der Waals surface area contributed by atoms with Crippen molar-refractivity contribution in [2.75, 3.05) is 0 Å². The predicted octanol–water partition coefficient (Wildman–Crippen LogP) is 4.07. The molecule has 20 heavy (non-hydrogen) atoms. The summed E-state index contributed by atoms with van der Waals surface area (Å²) in [5, 5.41) is 9.70. The number of ether oxygens (including phenoxy) is 1. The molecule has 0 amide bonds. The number of aliphatic hydroxyl groups is 1. The van der Waals surface area contributed by atoms with Gasteiger partial charge in [0, 0.05) is 11.6 Å². The van der Waals surface area contributed by atoms with Gasteiger partial charge in [-0.2, -0.15) is 0 Å². The smallest absolute Gasteiger partial charge is 0.128 e. The molecule has 0 heterocycles. The Labute approximate surface area is 118 Å². The first-order valence-electron chi connectivity index (χ1n) is 6.64. The van der Waals surface area contributed by atoms with Crippen molar-refractivity contribution in [3.63, 3.8) is 0 Å². The summed E-state index contributed by atoms with van der Waals surface area (Å²) in [5.74, 6) is 0.0218. The van der Waals surface area contributed by atoms with Crippen molar-refractivity contribution >= 4 is 0 Å². The molecule has 0 aliphatic carbocycles. The van der Waals surface area contributed by atoms with Gasteiger partial charge in [0.1, 0.15) is 18.2 Å². The van der Waals surface area contributed by atoms with Crippen molar-refractivity contribution < 1.29 is 14.2 Å². The second-order valence-electron chi connectivity index (χ2n) is 5.02. The van der Waals surface area contributed by atoms with Crippen molar-refractivity contribution in [3.8, 4) is 5.75 Å². The average molecular weight is 274 g/mol. The Morgan fingerprint density at radius 2 is 1.80 bits per heavy atom. The summed E-state index contributed by atoms with van der Waals surface area (Å²) >= 11 is 0. The van der Waals surface area contributed by atoms with Crippen LogP contribution in [0, 0.1) is 19.7 Å². The van der Waals surface area contributed by atoms with E-state index < -0.39 is 6.10 Å². The molecule has 0 saturated carbocycles. The van der Waals surface area contributed by atoms with Gasteiger partial charge in [-0.15, -0.1) is 0 Å². The third kappa shape index (κ3) is 3.17. The van der Waals surface area contributed by atoms with Crippen molar-refractivity contribution in [2.45, 2.75) is 33.5 Å². The van der Waals surface area contributed by atoms with E-state index in [1.807, 2.05) is 32.0 Å². The molecule has 2 aromatic carbocycles. The van der Waals surface area contributed by atoms with Gasteiger partial charge in [0.25, 0.3) is 0 Å². The molecule has 0 spiro atoms. The number of aryl methyl sites for hydroxylation is 2. The van der Waals surface area contributed by atoms with Crippen LogP contribution in [0.25, 0.3) is 0 Å². The molecule has 1 atom stereocenters. The summed E-state index contributed by atoms with van der Waals surface area (Å²) in [7, 11) is 0. The molecule has 0 radical (unpaired) electrons. The van der Waals surface area contributed by atoms with E-state index in [1.165, 1.54) is 12.1 Å². The summed E-state index contributed by atoms with van der Waals surface area (Å²) in [6.45, 7) is 6.04. The van der Waals surface area contributed by atoms with E-state index in [1.54, 1.807) is 13.0 Å². The van der Waals surface area contributed by atoms with Crippen LogP contribution >= 0.6 is 0 Å². The van der Waals surface area contributed by atoms with Crippen molar-refractivity contribution in [2.24, 2.45) is 0 Å². The molecular formula is C17H19FO2. The van der Waals surface area contributed by atoms with Crippen LogP contribution in [0.4, 0.5) is 4.39 Å². The van der Waals surface area contributed by atoms with E-state index in [9.17, 15) is 9.50 Å². The van der Waals surface area contributed by atoms with Gasteiger partial charge >= 0.3 is 0 Å². The first-order valence-corrected chi connectivity index (χ1v) is 6.64. The Morgan fingerprint density at radius 3 is 2.40 bits per heavy atom. The maximum atomic E-state index is 13.3. The fourth-order valence-electron chi connectivity index (χ4n) is 2.20. The molecule has 3 heteroatoms. The minimum atomic E-state index is -0.691. The van der Waals surface area contributed by atoms with E-state index in [4.69, 9.17) is 4.74 Å². The summed E-state index contributed by atoms with van der Waals surface area (Å²) in [6, 6.07) is 10.2. The maximum absolute atomic E-state index is 13.3. The number of aliphatic hydroxyl groups excluding tert-OH is 1. The van der Waals surface area contributed by atoms with Crippen molar-refractivity contribution in [1.82, 2.24) is 0 Å². The molecule has 106 valence electrons. The second kappa shape index (κ2) is 6.06. The van der Waals surface area contributed by atoms with Crippen LogP contribution in [0.2, 0.25) is 0 Å². The van der Waals surface area contributed by atoms with Gasteiger partial charge in [0.15, 0.2) is 0 Å². The number of hydrogen-bond donors (Lipinski definition) is 1. The Kier molecular flexibility index (Phi) is 4.40. The summed E-state index contributed by atoms with van der Waals surface area (Å²) in [5.41, 5.74) is 3.96. The lowest BCUT2D eigenvalue weighted by Crippen LogP contribution is -2.04. The van der Waals surface area contributed by atoms with Crippen molar-refractivity contribution in [3.05, 3.63) is 64.5 Å². The predicted molar refractivity (Wildman–Crippen MR) is 77.3 cm³/mol. The molecule has 0 fully saturated rings. The van der Waals surface area contributed by atoms with Crippen LogP contribution in [0.15, 0.2) is 36.4 Å².